The van der Waals surface area contributed by atoms with E-state index >= 15 is 0 Å². The first-order valence-electron chi connectivity index (χ1n) is 11.0. The number of rotatable bonds is 4. The fourth-order valence-electron chi connectivity index (χ4n) is 5.07. The molecule has 1 fully saturated rings. The van der Waals surface area contributed by atoms with Crippen LogP contribution < -0.4 is 15.4 Å². The summed E-state index contributed by atoms with van der Waals surface area (Å²) < 4.78 is 5.28. The number of methoxy groups -OCH3 is 1. The number of hydrogen-bond donors (Lipinski definition) is 2. The van der Waals surface area contributed by atoms with Gasteiger partial charge >= 0.3 is 0 Å². The quantitative estimate of drug-likeness (QED) is 0.473. The van der Waals surface area contributed by atoms with E-state index in [2.05, 4.69) is 49.3 Å². The minimum Gasteiger partial charge on any atom is -0.479 e. The second-order valence-electron chi connectivity index (χ2n) is 8.65. The Morgan fingerprint density at radius 1 is 1.18 bits per heavy atom. The molecule has 10 heteroatoms. The Morgan fingerprint density at radius 3 is 2.85 bits per heavy atom. The zero-order chi connectivity index (χ0) is 22.4. The minimum absolute atomic E-state index is 0.106. The maximum absolute atomic E-state index is 6.72. The van der Waals surface area contributed by atoms with Crippen LogP contribution in [0.1, 0.15) is 30.0 Å². The predicted molar refractivity (Wildman–Crippen MR) is 125 cm³/mol. The Labute approximate surface area is 195 Å². The molecule has 1 aromatic carbocycles. The van der Waals surface area contributed by atoms with Crippen LogP contribution in [0.3, 0.4) is 0 Å². The molecule has 1 atom stereocenters. The van der Waals surface area contributed by atoms with E-state index in [1.807, 2.05) is 6.07 Å². The van der Waals surface area contributed by atoms with Gasteiger partial charge in [-0.1, -0.05) is 36.0 Å². The number of hydrogen-bond acceptors (Lipinski definition) is 9. The summed E-state index contributed by atoms with van der Waals surface area (Å²) in [5.41, 5.74) is 10.9. The average Bonchev–Trinajstić information content (AvgIpc) is 3.39. The van der Waals surface area contributed by atoms with E-state index in [4.69, 9.17) is 20.4 Å². The van der Waals surface area contributed by atoms with E-state index in [1.165, 1.54) is 22.9 Å². The van der Waals surface area contributed by atoms with E-state index in [-0.39, 0.29) is 11.5 Å². The van der Waals surface area contributed by atoms with Crippen LogP contribution in [0.5, 0.6) is 5.88 Å². The van der Waals surface area contributed by atoms with Gasteiger partial charge in [0.2, 0.25) is 11.8 Å². The van der Waals surface area contributed by atoms with Gasteiger partial charge in [0, 0.05) is 19.1 Å². The van der Waals surface area contributed by atoms with Crippen molar-refractivity contribution >= 4 is 29.0 Å². The summed E-state index contributed by atoms with van der Waals surface area (Å²) in [4.78, 5) is 20.4. The van der Waals surface area contributed by atoms with E-state index in [0.29, 0.717) is 17.2 Å². The highest BCUT2D eigenvalue weighted by atomic mass is 32.2. The molecule has 1 saturated heterocycles. The maximum Gasteiger partial charge on any atom is 0.247 e. The van der Waals surface area contributed by atoms with Crippen LogP contribution in [0.25, 0.3) is 11.3 Å². The molecular weight excluding hydrogens is 436 g/mol. The molecule has 1 aliphatic carbocycles. The number of nitrogens with one attached hydrogen (secondary N) is 1. The van der Waals surface area contributed by atoms with E-state index in [9.17, 15) is 0 Å². The van der Waals surface area contributed by atoms with Gasteiger partial charge in [0.15, 0.2) is 11.3 Å². The molecule has 2 aliphatic rings. The monoisotopic (exact) mass is 460 g/mol. The highest BCUT2D eigenvalue weighted by Crippen LogP contribution is 2.50. The SMILES string of the molecule is COc1nnccc1Sc1cnc2nc(N3CCC4(CC3)Cc3ccccc3[C@H]4N)[nH]c2n1. The lowest BCUT2D eigenvalue weighted by atomic mass is 9.73. The van der Waals surface area contributed by atoms with Crippen LogP contribution >= 0.6 is 11.8 Å². The summed E-state index contributed by atoms with van der Waals surface area (Å²) in [6.45, 7) is 1.81. The zero-order valence-electron chi connectivity index (χ0n) is 18.2. The molecular formula is C23H24N8OS. The van der Waals surface area contributed by atoms with Gasteiger partial charge in [-0.05, 0) is 41.9 Å². The van der Waals surface area contributed by atoms with Crippen molar-refractivity contribution in [3.8, 4) is 5.88 Å². The van der Waals surface area contributed by atoms with Gasteiger partial charge in [-0.3, -0.25) is 0 Å². The molecule has 168 valence electrons. The third kappa shape index (κ3) is 3.50. The van der Waals surface area contributed by atoms with Crippen molar-refractivity contribution < 1.29 is 4.74 Å². The summed E-state index contributed by atoms with van der Waals surface area (Å²) >= 11 is 1.43. The van der Waals surface area contributed by atoms with Crippen molar-refractivity contribution in [2.45, 2.75) is 35.2 Å². The maximum atomic E-state index is 6.72. The number of nitrogens with zero attached hydrogens (tertiary/aromatic N) is 6. The molecule has 0 radical (unpaired) electrons. The molecule has 1 aliphatic heterocycles. The number of fused-ring (bicyclic) bond motifs is 2. The van der Waals surface area contributed by atoms with Gasteiger partial charge in [-0.2, -0.15) is 10.1 Å². The lowest BCUT2D eigenvalue weighted by molar-refractivity contribution is 0.187. The van der Waals surface area contributed by atoms with Gasteiger partial charge in [0.05, 0.1) is 24.4 Å². The first-order valence-corrected chi connectivity index (χ1v) is 11.8. The second-order valence-corrected chi connectivity index (χ2v) is 9.71. The van der Waals surface area contributed by atoms with E-state index < -0.39 is 0 Å². The molecule has 0 unspecified atom stereocenters. The number of ether oxygens (including phenoxy) is 1. The number of piperidine rings is 1. The highest BCUT2D eigenvalue weighted by molar-refractivity contribution is 7.99. The molecule has 4 aromatic rings. The molecule has 3 aromatic heterocycles. The third-order valence-electron chi connectivity index (χ3n) is 6.88. The normalized spacial score (nSPS) is 19.2. The number of nitrogens with two attached hydrogens (primary N) is 1. The molecule has 0 amide bonds. The van der Waals surface area contributed by atoms with Gasteiger partial charge in [0.25, 0.3) is 0 Å². The standard InChI is InChI=1S/C23H24N8OS/c1-32-21-16(6-9-26-30-21)33-17-13-25-19-20(27-17)29-22(28-19)31-10-7-23(8-11-31)12-14-4-2-3-5-15(14)18(23)24/h2-6,9,13,18H,7-8,10-12,24H2,1H3,(H,25,27,28,29)/t18-/m1/s1. The lowest BCUT2D eigenvalue weighted by Gasteiger charge is -2.42. The Morgan fingerprint density at radius 2 is 2.03 bits per heavy atom. The first kappa shape index (κ1) is 20.4. The van der Waals surface area contributed by atoms with Crippen LogP contribution in [0, 0.1) is 5.41 Å². The number of aromatic amines is 1. The van der Waals surface area contributed by atoms with Crippen molar-refractivity contribution in [3.63, 3.8) is 0 Å². The van der Waals surface area contributed by atoms with Crippen molar-refractivity contribution in [3.05, 3.63) is 53.9 Å². The summed E-state index contributed by atoms with van der Waals surface area (Å²) in [6, 6.07) is 10.6. The molecule has 33 heavy (non-hydrogen) atoms. The highest BCUT2D eigenvalue weighted by Gasteiger charge is 2.46. The molecule has 4 heterocycles. The summed E-state index contributed by atoms with van der Waals surface area (Å²) in [5.74, 6) is 1.28. The van der Waals surface area contributed by atoms with Crippen LogP contribution in [-0.2, 0) is 6.42 Å². The molecule has 0 saturated carbocycles. The second kappa shape index (κ2) is 7.96. The zero-order valence-corrected chi connectivity index (χ0v) is 19.0. The van der Waals surface area contributed by atoms with Crippen molar-refractivity contribution in [1.82, 2.24) is 30.1 Å². The molecule has 1 spiro atoms. The average molecular weight is 461 g/mol. The van der Waals surface area contributed by atoms with Crippen LogP contribution in [0.4, 0.5) is 5.95 Å². The Balaban J connectivity index is 1.19. The van der Waals surface area contributed by atoms with Crippen molar-refractivity contribution in [2.24, 2.45) is 11.1 Å². The minimum atomic E-state index is 0.106. The molecule has 9 nitrogen and oxygen atoms in total. The fraction of sp³-hybridized carbons (Fsp3) is 0.348. The Bertz CT molecular complexity index is 1320. The Kier molecular flexibility index (Phi) is 4.92. The van der Waals surface area contributed by atoms with Crippen LogP contribution in [-0.4, -0.2) is 50.3 Å². The third-order valence-corrected chi connectivity index (χ3v) is 7.82. The van der Waals surface area contributed by atoms with E-state index in [0.717, 1.165) is 48.2 Å². The van der Waals surface area contributed by atoms with Gasteiger partial charge in [0.1, 0.15) is 5.03 Å². The van der Waals surface area contributed by atoms with Crippen LogP contribution in [0.15, 0.2) is 52.6 Å². The summed E-state index contributed by atoms with van der Waals surface area (Å²) in [7, 11) is 1.57. The summed E-state index contributed by atoms with van der Waals surface area (Å²) in [6.07, 6.45) is 6.49. The lowest BCUT2D eigenvalue weighted by Crippen LogP contribution is -2.44. The Hall–Kier alpha value is -3.24. The number of benzene rings is 1. The van der Waals surface area contributed by atoms with Gasteiger partial charge in [-0.25, -0.2) is 9.97 Å². The molecule has 3 N–H and O–H groups in total. The smallest absolute Gasteiger partial charge is 0.247 e. The largest absolute Gasteiger partial charge is 0.479 e. The van der Waals surface area contributed by atoms with Crippen molar-refractivity contribution in [1.29, 1.82) is 0 Å². The number of imidazole rings is 1. The van der Waals surface area contributed by atoms with Crippen LogP contribution in [0.2, 0.25) is 0 Å². The predicted octanol–water partition coefficient (Wildman–Crippen LogP) is 3.15. The number of anilines is 1. The fourth-order valence-corrected chi connectivity index (χ4v) is 5.88. The number of H-pyrrole nitrogens is 1. The van der Waals surface area contributed by atoms with Crippen molar-refractivity contribution in [2.75, 3.05) is 25.1 Å². The molecule has 0 bridgehead atoms. The van der Waals surface area contributed by atoms with Gasteiger partial charge < -0.3 is 20.4 Å². The van der Waals surface area contributed by atoms with Gasteiger partial charge in [-0.15, -0.1) is 5.10 Å². The first-order chi connectivity index (χ1) is 16.1. The molecule has 6 rings (SSSR count). The summed E-state index contributed by atoms with van der Waals surface area (Å²) in [5, 5.41) is 8.58. The number of aromatic nitrogens is 6. The van der Waals surface area contributed by atoms with E-state index in [1.54, 1.807) is 19.5 Å². The topological polar surface area (TPSA) is 119 Å².